The molecule has 1 saturated carbocycles. The van der Waals surface area contributed by atoms with Gasteiger partial charge in [-0.15, -0.1) is 12.4 Å². The molecule has 0 radical (unpaired) electrons. The monoisotopic (exact) mass is 353 g/mol. The van der Waals surface area contributed by atoms with Gasteiger partial charge < -0.3 is 15.6 Å². The maximum absolute atomic E-state index is 12.6. The van der Waals surface area contributed by atoms with Crippen LogP contribution in [0.4, 0.5) is 0 Å². The Balaban J connectivity index is 0.00000156. The zero-order valence-electron chi connectivity index (χ0n) is 12.8. The smallest absolute Gasteiger partial charge is 0.227 e. The predicted molar refractivity (Wildman–Crippen MR) is 95.0 cm³/mol. The Morgan fingerprint density at radius 1 is 1.35 bits per heavy atom. The number of rotatable bonds is 2. The fourth-order valence-electron chi connectivity index (χ4n) is 4.08. The largest absolute Gasteiger partial charge is 0.361 e. The van der Waals surface area contributed by atoms with Crippen molar-refractivity contribution in [3.63, 3.8) is 0 Å². The predicted octanol–water partition coefficient (Wildman–Crippen LogP) is 2.98. The van der Waals surface area contributed by atoms with E-state index >= 15 is 0 Å². The van der Waals surface area contributed by atoms with Gasteiger partial charge in [0.2, 0.25) is 5.91 Å². The second-order valence-corrected chi connectivity index (χ2v) is 7.08. The topological polar surface area (TPSA) is 62.1 Å². The van der Waals surface area contributed by atoms with Gasteiger partial charge in [0.05, 0.1) is 6.42 Å². The number of H-pyrrole nitrogens is 1. The Labute approximate surface area is 146 Å². The molecule has 124 valence electrons. The summed E-state index contributed by atoms with van der Waals surface area (Å²) in [6.07, 6.45) is 4.62. The molecule has 2 aromatic rings. The number of carbonyl (C=O) groups excluding carboxylic acids is 1. The molecule has 3 atom stereocenters. The molecule has 1 aromatic heterocycles. The molecule has 2 aliphatic rings. The van der Waals surface area contributed by atoms with Crippen LogP contribution in [-0.2, 0) is 11.2 Å². The molecular weight excluding hydrogens is 333 g/mol. The number of amides is 1. The van der Waals surface area contributed by atoms with Crippen molar-refractivity contribution in [1.82, 2.24) is 9.88 Å². The molecule has 1 amide bonds. The molecule has 3 unspecified atom stereocenters. The van der Waals surface area contributed by atoms with Gasteiger partial charge in [0.1, 0.15) is 0 Å². The lowest BCUT2D eigenvalue weighted by Gasteiger charge is -2.18. The molecule has 2 fully saturated rings. The number of nitrogens with two attached hydrogens (primary N) is 1. The van der Waals surface area contributed by atoms with Crippen LogP contribution in [0.15, 0.2) is 24.4 Å². The van der Waals surface area contributed by atoms with Crippen LogP contribution >= 0.6 is 24.0 Å². The van der Waals surface area contributed by atoms with Gasteiger partial charge >= 0.3 is 0 Å². The SMILES string of the molecule is Cl.NC1CCC2CN(C(=O)Cc3c[nH]c4ccc(Cl)cc34)CC12. The van der Waals surface area contributed by atoms with Gasteiger partial charge in [-0.25, -0.2) is 0 Å². The summed E-state index contributed by atoms with van der Waals surface area (Å²) in [4.78, 5) is 17.8. The van der Waals surface area contributed by atoms with E-state index in [0.717, 1.165) is 42.4 Å². The summed E-state index contributed by atoms with van der Waals surface area (Å²) in [5.74, 6) is 1.31. The summed E-state index contributed by atoms with van der Waals surface area (Å²) in [7, 11) is 0. The van der Waals surface area contributed by atoms with Crippen molar-refractivity contribution in [3.05, 3.63) is 35.0 Å². The molecule has 4 nitrogen and oxygen atoms in total. The molecule has 4 rings (SSSR count). The van der Waals surface area contributed by atoms with E-state index in [1.54, 1.807) is 0 Å². The molecule has 23 heavy (non-hydrogen) atoms. The van der Waals surface area contributed by atoms with Crippen molar-refractivity contribution in [1.29, 1.82) is 0 Å². The summed E-state index contributed by atoms with van der Waals surface area (Å²) >= 11 is 6.07. The molecule has 3 N–H and O–H groups in total. The zero-order chi connectivity index (χ0) is 15.3. The van der Waals surface area contributed by atoms with Crippen LogP contribution in [0.3, 0.4) is 0 Å². The third-order valence-electron chi connectivity index (χ3n) is 5.34. The molecule has 1 aromatic carbocycles. The maximum Gasteiger partial charge on any atom is 0.227 e. The van der Waals surface area contributed by atoms with Crippen molar-refractivity contribution < 1.29 is 4.79 Å². The molecule has 2 heterocycles. The average Bonchev–Trinajstić information content (AvgIpc) is 3.16. The summed E-state index contributed by atoms with van der Waals surface area (Å²) < 4.78 is 0. The van der Waals surface area contributed by atoms with E-state index in [1.807, 2.05) is 29.3 Å². The van der Waals surface area contributed by atoms with Crippen LogP contribution in [0.5, 0.6) is 0 Å². The lowest BCUT2D eigenvalue weighted by Crippen LogP contribution is -2.34. The van der Waals surface area contributed by atoms with Gasteiger partial charge in [-0.05, 0) is 48.4 Å². The van der Waals surface area contributed by atoms with E-state index in [1.165, 1.54) is 0 Å². The number of halogens is 2. The van der Waals surface area contributed by atoms with Crippen LogP contribution in [0.25, 0.3) is 10.9 Å². The number of benzene rings is 1. The molecule has 1 aliphatic carbocycles. The van der Waals surface area contributed by atoms with Crippen LogP contribution in [-0.4, -0.2) is 34.9 Å². The minimum Gasteiger partial charge on any atom is -0.361 e. The number of nitrogens with one attached hydrogen (secondary N) is 1. The number of fused-ring (bicyclic) bond motifs is 2. The summed E-state index contributed by atoms with van der Waals surface area (Å²) in [5, 5.41) is 1.74. The van der Waals surface area contributed by atoms with E-state index in [9.17, 15) is 4.79 Å². The highest BCUT2D eigenvalue weighted by Gasteiger charge is 2.42. The third kappa shape index (κ3) is 2.95. The normalized spacial score (nSPS) is 26.3. The second kappa shape index (κ2) is 6.34. The summed E-state index contributed by atoms with van der Waals surface area (Å²) in [6.45, 7) is 1.70. The Kier molecular flexibility index (Phi) is 4.59. The number of aromatic nitrogens is 1. The molecule has 0 spiro atoms. The molecule has 1 saturated heterocycles. The number of hydrogen-bond donors (Lipinski definition) is 2. The fraction of sp³-hybridized carbons (Fsp3) is 0.471. The van der Waals surface area contributed by atoms with E-state index in [-0.39, 0.29) is 24.4 Å². The standard InChI is InChI=1S/C17H20ClN3O.ClH/c18-12-2-4-16-13(6-12)11(7-20-16)5-17(22)21-8-10-1-3-15(19)14(10)9-21;/h2,4,6-7,10,14-15,20H,1,3,5,8-9,19H2;1H. The zero-order valence-corrected chi connectivity index (χ0v) is 14.4. The van der Waals surface area contributed by atoms with Gasteiger partial charge in [0.25, 0.3) is 0 Å². The second-order valence-electron chi connectivity index (χ2n) is 6.64. The highest BCUT2D eigenvalue weighted by Crippen LogP contribution is 2.37. The van der Waals surface area contributed by atoms with Crippen molar-refractivity contribution in [2.45, 2.75) is 25.3 Å². The molecular formula is C17H21Cl2N3O. The Hall–Kier alpha value is -1.23. The van der Waals surface area contributed by atoms with Gasteiger partial charge in [-0.1, -0.05) is 11.6 Å². The van der Waals surface area contributed by atoms with Crippen LogP contribution in [0.2, 0.25) is 5.02 Å². The highest BCUT2D eigenvalue weighted by atomic mass is 35.5. The van der Waals surface area contributed by atoms with E-state index in [4.69, 9.17) is 17.3 Å². The lowest BCUT2D eigenvalue weighted by molar-refractivity contribution is -0.129. The van der Waals surface area contributed by atoms with Crippen molar-refractivity contribution in [2.75, 3.05) is 13.1 Å². The number of likely N-dealkylation sites (tertiary alicyclic amines) is 1. The van der Waals surface area contributed by atoms with Crippen LogP contribution in [0.1, 0.15) is 18.4 Å². The van der Waals surface area contributed by atoms with Gasteiger partial charge in [0, 0.05) is 41.3 Å². The van der Waals surface area contributed by atoms with Crippen molar-refractivity contribution >= 4 is 40.8 Å². The Morgan fingerprint density at radius 2 is 2.17 bits per heavy atom. The van der Waals surface area contributed by atoms with Crippen LogP contribution in [0, 0.1) is 11.8 Å². The van der Waals surface area contributed by atoms with Gasteiger partial charge in [-0.3, -0.25) is 4.79 Å². The number of aromatic amines is 1. The Morgan fingerprint density at radius 3 is 2.96 bits per heavy atom. The molecule has 0 bridgehead atoms. The third-order valence-corrected chi connectivity index (χ3v) is 5.57. The first-order chi connectivity index (χ1) is 10.6. The van der Waals surface area contributed by atoms with Crippen molar-refractivity contribution in [2.24, 2.45) is 17.6 Å². The van der Waals surface area contributed by atoms with Gasteiger partial charge in [0.15, 0.2) is 0 Å². The van der Waals surface area contributed by atoms with Crippen molar-refractivity contribution in [3.8, 4) is 0 Å². The quantitative estimate of drug-likeness (QED) is 0.871. The van der Waals surface area contributed by atoms with Gasteiger partial charge in [-0.2, -0.15) is 0 Å². The lowest BCUT2D eigenvalue weighted by atomic mass is 9.98. The van der Waals surface area contributed by atoms with E-state index < -0.39 is 0 Å². The first kappa shape index (κ1) is 16.6. The molecule has 6 heteroatoms. The van der Waals surface area contributed by atoms with E-state index in [2.05, 4.69) is 4.98 Å². The Bertz CT molecular complexity index is 730. The highest BCUT2D eigenvalue weighted by molar-refractivity contribution is 6.31. The first-order valence-corrected chi connectivity index (χ1v) is 8.28. The minimum atomic E-state index is 0. The van der Waals surface area contributed by atoms with E-state index in [0.29, 0.717) is 23.3 Å². The van der Waals surface area contributed by atoms with Crippen LogP contribution < -0.4 is 5.73 Å². The number of nitrogens with zero attached hydrogens (tertiary/aromatic N) is 1. The molecule has 1 aliphatic heterocycles. The number of carbonyl (C=O) groups is 1. The minimum absolute atomic E-state index is 0. The maximum atomic E-state index is 12.6. The fourth-order valence-corrected chi connectivity index (χ4v) is 4.25. The summed E-state index contributed by atoms with van der Waals surface area (Å²) in [6, 6.07) is 6.00. The number of hydrogen-bond acceptors (Lipinski definition) is 2. The average molecular weight is 354 g/mol. The summed E-state index contributed by atoms with van der Waals surface area (Å²) in [5.41, 5.74) is 8.19. The first-order valence-electron chi connectivity index (χ1n) is 7.90.